The Morgan fingerprint density at radius 2 is 2.11 bits per heavy atom. The molecule has 7 heteroatoms. The van der Waals surface area contributed by atoms with Gasteiger partial charge in [0.25, 0.3) is 0 Å². The fourth-order valence-electron chi connectivity index (χ4n) is 2.28. The van der Waals surface area contributed by atoms with E-state index in [1.54, 1.807) is 6.92 Å². The molecule has 2 N–H and O–H groups in total. The Hall–Kier alpha value is -0.110. The van der Waals surface area contributed by atoms with Gasteiger partial charge in [-0.15, -0.1) is 11.3 Å². The SMILES string of the molecule is CC(N)C(c1ccc(Br)s1)N(CC(F)(F)F)C1CC1. The molecule has 1 aromatic heterocycles. The predicted octanol–water partition coefficient (Wildman–Crippen LogP) is 3.93. The van der Waals surface area contributed by atoms with E-state index in [9.17, 15) is 13.2 Å². The summed E-state index contributed by atoms with van der Waals surface area (Å²) < 4.78 is 39.2. The molecule has 1 aliphatic rings. The number of alkyl halides is 3. The highest BCUT2D eigenvalue weighted by Gasteiger charge is 2.43. The van der Waals surface area contributed by atoms with E-state index in [4.69, 9.17) is 5.73 Å². The molecule has 1 aliphatic carbocycles. The summed E-state index contributed by atoms with van der Waals surface area (Å²) in [6.07, 6.45) is -2.54. The molecule has 0 saturated heterocycles. The molecule has 1 fully saturated rings. The van der Waals surface area contributed by atoms with E-state index in [0.29, 0.717) is 0 Å². The molecule has 0 spiro atoms. The number of rotatable bonds is 5. The van der Waals surface area contributed by atoms with Gasteiger partial charge in [-0.25, -0.2) is 0 Å². The van der Waals surface area contributed by atoms with Crippen LogP contribution >= 0.6 is 27.3 Å². The second-order valence-electron chi connectivity index (χ2n) is 4.96. The van der Waals surface area contributed by atoms with Gasteiger partial charge in [0.1, 0.15) is 0 Å². The normalized spacial score (nSPS) is 19.7. The van der Waals surface area contributed by atoms with Crippen molar-refractivity contribution in [1.82, 2.24) is 4.90 Å². The van der Waals surface area contributed by atoms with Crippen LogP contribution in [0.2, 0.25) is 0 Å². The average molecular weight is 357 g/mol. The van der Waals surface area contributed by atoms with Gasteiger partial charge < -0.3 is 5.73 Å². The van der Waals surface area contributed by atoms with Gasteiger partial charge in [-0.2, -0.15) is 13.2 Å². The first-order valence-corrected chi connectivity index (χ1v) is 7.72. The third-order valence-corrected chi connectivity index (χ3v) is 4.81. The predicted molar refractivity (Wildman–Crippen MR) is 74.2 cm³/mol. The standard InChI is InChI=1S/C12H16BrF3N2S/c1-7(17)11(9-4-5-10(13)19-9)18(8-2-3-8)6-12(14,15)16/h4-5,7-8,11H,2-3,6,17H2,1H3. The molecule has 2 atom stereocenters. The van der Waals surface area contributed by atoms with Crippen molar-refractivity contribution < 1.29 is 13.2 Å². The molecule has 0 aliphatic heterocycles. The van der Waals surface area contributed by atoms with Crippen LogP contribution in [-0.4, -0.2) is 29.7 Å². The molecular formula is C12H16BrF3N2S. The fraction of sp³-hybridized carbons (Fsp3) is 0.667. The minimum Gasteiger partial charge on any atom is -0.326 e. The second kappa shape index (κ2) is 5.71. The molecule has 1 aromatic rings. The summed E-state index contributed by atoms with van der Waals surface area (Å²) in [7, 11) is 0. The molecule has 2 unspecified atom stereocenters. The molecule has 0 amide bonds. The third-order valence-electron chi connectivity index (χ3n) is 3.12. The van der Waals surface area contributed by atoms with E-state index < -0.39 is 12.7 Å². The molecule has 1 heterocycles. The maximum atomic E-state index is 12.8. The lowest BCUT2D eigenvalue weighted by molar-refractivity contribution is -0.153. The van der Waals surface area contributed by atoms with E-state index in [1.165, 1.54) is 16.2 Å². The zero-order valence-electron chi connectivity index (χ0n) is 10.5. The van der Waals surface area contributed by atoms with Crippen LogP contribution in [0.3, 0.4) is 0 Å². The summed E-state index contributed by atoms with van der Waals surface area (Å²) in [5.41, 5.74) is 5.95. The Kier molecular flexibility index (Phi) is 4.59. The van der Waals surface area contributed by atoms with Crippen LogP contribution in [-0.2, 0) is 0 Å². The zero-order chi connectivity index (χ0) is 14.2. The largest absolute Gasteiger partial charge is 0.401 e. The van der Waals surface area contributed by atoms with Crippen molar-refractivity contribution in [2.24, 2.45) is 5.73 Å². The Morgan fingerprint density at radius 3 is 2.47 bits per heavy atom. The molecule has 0 radical (unpaired) electrons. The van der Waals surface area contributed by atoms with Crippen molar-refractivity contribution in [3.05, 3.63) is 20.8 Å². The van der Waals surface area contributed by atoms with Crippen molar-refractivity contribution in [3.63, 3.8) is 0 Å². The molecule has 19 heavy (non-hydrogen) atoms. The number of halogens is 4. The highest BCUT2D eigenvalue weighted by molar-refractivity contribution is 9.11. The Morgan fingerprint density at radius 1 is 1.47 bits per heavy atom. The topological polar surface area (TPSA) is 29.3 Å². The average Bonchev–Trinajstić information content (AvgIpc) is 3.00. The van der Waals surface area contributed by atoms with Crippen molar-refractivity contribution in [3.8, 4) is 0 Å². The number of nitrogens with zero attached hydrogens (tertiary/aromatic N) is 1. The first-order chi connectivity index (χ1) is 8.78. The zero-order valence-corrected chi connectivity index (χ0v) is 12.9. The first-order valence-electron chi connectivity index (χ1n) is 6.11. The third kappa shape index (κ3) is 4.18. The highest BCUT2D eigenvalue weighted by atomic mass is 79.9. The monoisotopic (exact) mass is 356 g/mol. The van der Waals surface area contributed by atoms with Crippen molar-refractivity contribution in [1.29, 1.82) is 0 Å². The van der Waals surface area contributed by atoms with Crippen LogP contribution in [0.4, 0.5) is 13.2 Å². The molecule has 1 saturated carbocycles. The Bertz CT molecular complexity index is 429. The van der Waals surface area contributed by atoms with Crippen LogP contribution in [0.1, 0.15) is 30.7 Å². The molecule has 108 valence electrons. The van der Waals surface area contributed by atoms with Gasteiger partial charge in [0, 0.05) is 17.0 Å². The lowest BCUT2D eigenvalue weighted by Crippen LogP contribution is -2.44. The van der Waals surface area contributed by atoms with Crippen molar-refractivity contribution in [2.75, 3.05) is 6.54 Å². The summed E-state index contributed by atoms with van der Waals surface area (Å²) in [4.78, 5) is 2.40. The van der Waals surface area contributed by atoms with E-state index in [0.717, 1.165) is 21.5 Å². The van der Waals surface area contributed by atoms with Gasteiger partial charge in [-0.1, -0.05) is 0 Å². The van der Waals surface area contributed by atoms with E-state index in [1.807, 2.05) is 12.1 Å². The summed E-state index contributed by atoms with van der Waals surface area (Å²) >= 11 is 4.80. The molecular weight excluding hydrogens is 341 g/mol. The lowest BCUT2D eigenvalue weighted by atomic mass is 10.1. The lowest BCUT2D eigenvalue weighted by Gasteiger charge is -2.34. The Balaban J connectivity index is 2.24. The highest BCUT2D eigenvalue weighted by Crippen LogP contribution is 2.40. The molecule has 2 rings (SSSR count). The Labute approximate surface area is 122 Å². The minimum absolute atomic E-state index is 0.0125. The number of hydrogen-bond acceptors (Lipinski definition) is 3. The maximum absolute atomic E-state index is 12.8. The number of hydrogen-bond donors (Lipinski definition) is 1. The molecule has 0 bridgehead atoms. The van der Waals surface area contributed by atoms with Crippen LogP contribution in [0.15, 0.2) is 15.9 Å². The maximum Gasteiger partial charge on any atom is 0.401 e. The number of thiophene rings is 1. The summed E-state index contributed by atoms with van der Waals surface area (Å²) in [5.74, 6) is 0. The summed E-state index contributed by atoms with van der Waals surface area (Å²) in [5, 5.41) is 0. The van der Waals surface area contributed by atoms with Crippen LogP contribution in [0.25, 0.3) is 0 Å². The van der Waals surface area contributed by atoms with E-state index >= 15 is 0 Å². The van der Waals surface area contributed by atoms with Crippen LogP contribution in [0.5, 0.6) is 0 Å². The van der Waals surface area contributed by atoms with Crippen LogP contribution in [0, 0.1) is 0 Å². The van der Waals surface area contributed by atoms with Crippen LogP contribution < -0.4 is 5.73 Å². The summed E-state index contributed by atoms with van der Waals surface area (Å²) in [6.45, 7) is 0.878. The van der Waals surface area contributed by atoms with Gasteiger partial charge >= 0.3 is 6.18 Å². The molecule has 2 nitrogen and oxygen atoms in total. The first kappa shape index (κ1) is 15.3. The van der Waals surface area contributed by atoms with Gasteiger partial charge in [-0.3, -0.25) is 4.90 Å². The minimum atomic E-state index is -4.19. The van der Waals surface area contributed by atoms with Gasteiger partial charge in [0.2, 0.25) is 0 Å². The fourth-order valence-corrected chi connectivity index (χ4v) is 3.94. The van der Waals surface area contributed by atoms with Gasteiger partial charge in [0.15, 0.2) is 0 Å². The van der Waals surface area contributed by atoms with Crippen molar-refractivity contribution >= 4 is 27.3 Å². The van der Waals surface area contributed by atoms with Crippen molar-refractivity contribution in [2.45, 2.75) is 44.1 Å². The quantitative estimate of drug-likeness (QED) is 0.865. The summed E-state index contributed by atoms with van der Waals surface area (Å²) in [6, 6.07) is 3.01. The van der Waals surface area contributed by atoms with E-state index in [-0.39, 0.29) is 18.1 Å². The second-order valence-corrected chi connectivity index (χ2v) is 7.46. The smallest absolute Gasteiger partial charge is 0.326 e. The van der Waals surface area contributed by atoms with E-state index in [2.05, 4.69) is 15.9 Å². The molecule has 0 aromatic carbocycles. The number of nitrogens with two attached hydrogens (primary N) is 1. The van der Waals surface area contributed by atoms with Gasteiger partial charge in [0.05, 0.1) is 16.4 Å². The van der Waals surface area contributed by atoms with Gasteiger partial charge in [-0.05, 0) is 47.8 Å².